The summed E-state index contributed by atoms with van der Waals surface area (Å²) >= 11 is 0. The molecule has 0 radical (unpaired) electrons. The Morgan fingerprint density at radius 3 is 1.25 bits per heavy atom. The number of rotatable bonds is 41. The second-order valence-electron chi connectivity index (χ2n) is 15.4. The number of ether oxygens (including phenoxy) is 3. The Bertz CT molecular complexity index is 1220. The lowest BCUT2D eigenvalue weighted by atomic mass is 10.0. The van der Waals surface area contributed by atoms with Gasteiger partial charge in [0, 0.05) is 19.3 Å². The molecule has 0 saturated carbocycles. The third-order valence-electron chi connectivity index (χ3n) is 9.75. The number of carbonyl (C=O) groups is 3. The van der Waals surface area contributed by atoms with E-state index in [1.165, 1.54) is 77.0 Å². The van der Waals surface area contributed by atoms with Gasteiger partial charge in [0.25, 0.3) is 0 Å². The van der Waals surface area contributed by atoms with Crippen LogP contribution in [-0.4, -0.2) is 37.2 Å². The fraction of sp³-hybridized carbons (Fsp3) is 0.642. The molecule has 0 aromatic heterocycles. The van der Waals surface area contributed by atoms with Crippen LogP contribution in [0.1, 0.15) is 201 Å². The molecule has 0 aromatic carbocycles. The van der Waals surface area contributed by atoms with E-state index in [0.29, 0.717) is 19.3 Å². The standard InChI is InChI=1S/C53H86O6/c1-4-7-10-13-16-19-21-23-25-26-28-29-31-34-37-40-43-46-52(55)58-49-50(48-57-51(54)45-42-39-36-33-18-15-12-9-6-3)59-53(56)47-44-41-38-35-32-30-27-24-22-20-17-14-11-8-5-2/h7,9-10,12-13,16,18-19,21,23,25-26,28-29,31,33,50H,4-6,8,11,14-15,17,20,22,24,27,30,32,34-49H2,1-3H3/b10-7-,12-9-,16-13-,21-19-,25-23-,28-26+,31-29-,33-18-. The highest BCUT2D eigenvalue weighted by atomic mass is 16.6. The Morgan fingerprint density at radius 1 is 0.373 bits per heavy atom. The van der Waals surface area contributed by atoms with Gasteiger partial charge in [-0.3, -0.25) is 14.4 Å². The molecule has 59 heavy (non-hydrogen) atoms. The molecule has 0 aliphatic heterocycles. The molecule has 0 aliphatic rings. The average molecular weight is 819 g/mol. The molecule has 0 aromatic rings. The zero-order valence-corrected chi connectivity index (χ0v) is 38.0. The van der Waals surface area contributed by atoms with Crippen LogP contribution in [0.15, 0.2) is 97.2 Å². The van der Waals surface area contributed by atoms with Crippen molar-refractivity contribution >= 4 is 17.9 Å². The molecule has 6 heteroatoms. The molecule has 0 aliphatic carbocycles. The smallest absolute Gasteiger partial charge is 0.306 e. The Kier molecular flexibility index (Phi) is 44.1. The van der Waals surface area contributed by atoms with Gasteiger partial charge in [0.2, 0.25) is 0 Å². The predicted molar refractivity (Wildman–Crippen MR) is 251 cm³/mol. The fourth-order valence-corrected chi connectivity index (χ4v) is 6.22. The van der Waals surface area contributed by atoms with Crippen molar-refractivity contribution < 1.29 is 28.6 Å². The van der Waals surface area contributed by atoms with E-state index in [9.17, 15) is 14.4 Å². The minimum absolute atomic E-state index is 0.109. The molecule has 1 atom stereocenters. The van der Waals surface area contributed by atoms with Gasteiger partial charge in [0.15, 0.2) is 6.10 Å². The minimum atomic E-state index is -0.806. The summed E-state index contributed by atoms with van der Waals surface area (Å²) < 4.78 is 16.7. The van der Waals surface area contributed by atoms with Gasteiger partial charge in [-0.2, -0.15) is 0 Å². The Labute approximate surface area is 362 Å². The zero-order chi connectivity index (χ0) is 43.0. The maximum Gasteiger partial charge on any atom is 0.306 e. The van der Waals surface area contributed by atoms with Crippen LogP contribution in [-0.2, 0) is 28.6 Å². The summed E-state index contributed by atoms with van der Waals surface area (Å²) in [7, 11) is 0. The SMILES string of the molecule is CC\C=C/C=C\C=C/C=C\C=C\C=C/CCCCCC(=O)OCC(COC(=O)CCCC/C=C\C/C=C\CC)OC(=O)CCCCCCCCCCCCCCCCC. The molecule has 1 unspecified atom stereocenters. The van der Waals surface area contributed by atoms with Crippen molar-refractivity contribution in [1.29, 1.82) is 0 Å². The van der Waals surface area contributed by atoms with Crippen LogP contribution in [0.2, 0.25) is 0 Å². The van der Waals surface area contributed by atoms with Gasteiger partial charge in [-0.25, -0.2) is 0 Å². The summed E-state index contributed by atoms with van der Waals surface area (Å²) in [6.45, 7) is 6.28. The lowest BCUT2D eigenvalue weighted by molar-refractivity contribution is -0.167. The maximum absolute atomic E-state index is 12.7. The van der Waals surface area contributed by atoms with Gasteiger partial charge < -0.3 is 14.2 Å². The van der Waals surface area contributed by atoms with Crippen molar-refractivity contribution in [2.24, 2.45) is 0 Å². The lowest BCUT2D eigenvalue weighted by Crippen LogP contribution is -2.30. The molecule has 0 spiro atoms. The Balaban J connectivity index is 4.47. The van der Waals surface area contributed by atoms with Crippen molar-refractivity contribution in [3.05, 3.63) is 97.2 Å². The predicted octanol–water partition coefficient (Wildman–Crippen LogP) is 15.4. The minimum Gasteiger partial charge on any atom is -0.462 e. The first-order chi connectivity index (χ1) is 29.0. The van der Waals surface area contributed by atoms with Gasteiger partial charge >= 0.3 is 17.9 Å². The van der Waals surface area contributed by atoms with Gasteiger partial charge in [0.1, 0.15) is 13.2 Å². The van der Waals surface area contributed by atoms with E-state index in [0.717, 1.165) is 83.5 Å². The van der Waals surface area contributed by atoms with Crippen LogP contribution in [0.3, 0.4) is 0 Å². The summed E-state index contributed by atoms with van der Waals surface area (Å²) in [4.78, 5) is 37.8. The number of esters is 3. The number of unbranched alkanes of at least 4 members (excludes halogenated alkanes) is 19. The molecule has 0 rings (SSSR count). The first-order valence-electron chi connectivity index (χ1n) is 23.8. The molecule has 0 amide bonds. The molecule has 0 heterocycles. The largest absolute Gasteiger partial charge is 0.462 e. The van der Waals surface area contributed by atoms with Crippen LogP contribution in [0.5, 0.6) is 0 Å². The average Bonchev–Trinajstić information content (AvgIpc) is 3.23. The van der Waals surface area contributed by atoms with Crippen molar-refractivity contribution in [3.8, 4) is 0 Å². The molecule has 6 nitrogen and oxygen atoms in total. The summed E-state index contributed by atoms with van der Waals surface area (Å²) in [6, 6.07) is 0. The number of hydrogen-bond donors (Lipinski definition) is 0. The normalized spacial score (nSPS) is 12.9. The van der Waals surface area contributed by atoms with Gasteiger partial charge in [-0.15, -0.1) is 0 Å². The van der Waals surface area contributed by atoms with Gasteiger partial charge in [-0.05, 0) is 64.2 Å². The Hall–Kier alpha value is -3.67. The van der Waals surface area contributed by atoms with Crippen LogP contribution in [0, 0.1) is 0 Å². The summed E-state index contributed by atoms with van der Waals surface area (Å²) in [5, 5.41) is 0. The highest BCUT2D eigenvalue weighted by molar-refractivity contribution is 5.71. The number of carbonyl (C=O) groups excluding carboxylic acids is 3. The molecule has 0 N–H and O–H groups in total. The van der Waals surface area contributed by atoms with Crippen LogP contribution >= 0.6 is 0 Å². The van der Waals surface area contributed by atoms with Gasteiger partial charge in [-0.1, -0.05) is 214 Å². The lowest BCUT2D eigenvalue weighted by Gasteiger charge is -2.18. The molecular weight excluding hydrogens is 733 g/mol. The van der Waals surface area contributed by atoms with Crippen LogP contribution in [0.4, 0.5) is 0 Å². The van der Waals surface area contributed by atoms with E-state index in [1.807, 2.05) is 60.8 Å². The van der Waals surface area contributed by atoms with Crippen LogP contribution in [0.25, 0.3) is 0 Å². The third kappa shape index (κ3) is 45.3. The topological polar surface area (TPSA) is 78.9 Å². The summed E-state index contributed by atoms with van der Waals surface area (Å²) in [5.41, 5.74) is 0. The van der Waals surface area contributed by atoms with E-state index in [2.05, 4.69) is 57.2 Å². The molecule has 0 fully saturated rings. The third-order valence-corrected chi connectivity index (χ3v) is 9.75. The number of allylic oxidation sites excluding steroid dienone is 16. The quantitative estimate of drug-likeness (QED) is 0.0201. The second kappa shape index (κ2) is 47.0. The first-order valence-corrected chi connectivity index (χ1v) is 23.8. The van der Waals surface area contributed by atoms with E-state index in [-0.39, 0.29) is 31.1 Å². The van der Waals surface area contributed by atoms with E-state index >= 15 is 0 Å². The van der Waals surface area contributed by atoms with E-state index in [1.54, 1.807) is 0 Å². The first kappa shape index (κ1) is 55.3. The molecule has 334 valence electrons. The van der Waals surface area contributed by atoms with Crippen LogP contribution < -0.4 is 0 Å². The second-order valence-corrected chi connectivity index (χ2v) is 15.4. The monoisotopic (exact) mass is 819 g/mol. The molecule has 0 saturated heterocycles. The highest BCUT2D eigenvalue weighted by Gasteiger charge is 2.19. The highest BCUT2D eigenvalue weighted by Crippen LogP contribution is 2.15. The fourth-order valence-electron chi connectivity index (χ4n) is 6.22. The van der Waals surface area contributed by atoms with Gasteiger partial charge in [0.05, 0.1) is 0 Å². The molecular formula is C53H86O6. The van der Waals surface area contributed by atoms with E-state index < -0.39 is 6.10 Å². The van der Waals surface area contributed by atoms with Crippen molar-refractivity contribution in [2.45, 2.75) is 207 Å². The van der Waals surface area contributed by atoms with E-state index in [4.69, 9.17) is 14.2 Å². The molecule has 0 bridgehead atoms. The van der Waals surface area contributed by atoms with Crippen molar-refractivity contribution in [3.63, 3.8) is 0 Å². The Morgan fingerprint density at radius 2 is 0.746 bits per heavy atom. The summed E-state index contributed by atoms with van der Waals surface area (Å²) in [6.07, 6.45) is 61.1. The van der Waals surface area contributed by atoms with Crippen molar-refractivity contribution in [1.82, 2.24) is 0 Å². The maximum atomic E-state index is 12.7. The zero-order valence-electron chi connectivity index (χ0n) is 38.0. The number of hydrogen-bond acceptors (Lipinski definition) is 6. The summed E-state index contributed by atoms with van der Waals surface area (Å²) in [5.74, 6) is -0.992. The van der Waals surface area contributed by atoms with Crippen molar-refractivity contribution in [2.75, 3.05) is 13.2 Å².